The van der Waals surface area contributed by atoms with E-state index in [1.165, 1.54) is 51.4 Å². The van der Waals surface area contributed by atoms with Crippen LogP contribution in [0, 0.1) is 0 Å². The quantitative estimate of drug-likeness (QED) is 0.390. The van der Waals surface area contributed by atoms with E-state index in [1.807, 2.05) is 12.2 Å². The second kappa shape index (κ2) is 23.5. The largest absolute Gasteiger partial charge is 0.392 e. The zero-order valence-corrected chi connectivity index (χ0v) is 13.7. The molecule has 0 radical (unpaired) electrons. The van der Waals surface area contributed by atoms with Crippen LogP contribution in [-0.2, 0) is 0 Å². The third-order valence-electron chi connectivity index (χ3n) is 2.99. The number of hydrogen-bond acceptors (Lipinski definition) is 2. The van der Waals surface area contributed by atoms with Gasteiger partial charge in [0.05, 0.1) is 13.2 Å². The van der Waals surface area contributed by atoms with Gasteiger partial charge in [0.2, 0.25) is 0 Å². The zero-order chi connectivity index (χ0) is 15.3. The van der Waals surface area contributed by atoms with Crippen LogP contribution in [0.25, 0.3) is 0 Å². The van der Waals surface area contributed by atoms with Crippen LogP contribution in [0.5, 0.6) is 0 Å². The summed E-state index contributed by atoms with van der Waals surface area (Å²) in [6.07, 6.45) is 20.4. The fourth-order valence-electron chi connectivity index (χ4n) is 1.76. The Bertz CT molecular complexity index is 176. The maximum absolute atomic E-state index is 8.38. The highest BCUT2D eigenvalue weighted by Crippen LogP contribution is 2.02. The molecule has 0 amide bonds. The first-order valence-electron chi connectivity index (χ1n) is 8.35. The van der Waals surface area contributed by atoms with E-state index in [4.69, 9.17) is 10.2 Å². The Morgan fingerprint density at radius 1 is 0.550 bits per heavy atom. The summed E-state index contributed by atoms with van der Waals surface area (Å²) >= 11 is 0. The first kappa shape index (κ1) is 21.7. The first-order chi connectivity index (χ1) is 9.83. The summed E-state index contributed by atoms with van der Waals surface area (Å²) in [7, 11) is 0. The molecule has 20 heavy (non-hydrogen) atoms. The van der Waals surface area contributed by atoms with Gasteiger partial charge >= 0.3 is 0 Å². The first-order valence-corrected chi connectivity index (χ1v) is 8.35. The van der Waals surface area contributed by atoms with Gasteiger partial charge in [-0.1, -0.05) is 76.7 Å². The molecule has 0 aromatic rings. The molecule has 0 heterocycles. The maximum atomic E-state index is 8.38. The van der Waals surface area contributed by atoms with Gasteiger partial charge in [-0.2, -0.15) is 0 Å². The van der Waals surface area contributed by atoms with E-state index in [9.17, 15) is 0 Å². The zero-order valence-electron chi connectivity index (χ0n) is 13.7. The van der Waals surface area contributed by atoms with Crippen molar-refractivity contribution in [3.05, 3.63) is 24.3 Å². The van der Waals surface area contributed by atoms with Gasteiger partial charge in [-0.3, -0.25) is 0 Å². The van der Waals surface area contributed by atoms with Crippen molar-refractivity contribution in [3.8, 4) is 0 Å². The van der Waals surface area contributed by atoms with Crippen LogP contribution in [0.3, 0.4) is 0 Å². The van der Waals surface area contributed by atoms with E-state index in [0.717, 1.165) is 12.8 Å². The Balaban J connectivity index is 0. The molecular formula is C18H36O2. The number of allylic oxidation sites excluding steroid dienone is 2. The lowest BCUT2D eigenvalue weighted by Gasteiger charge is -1.92. The van der Waals surface area contributed by atoms with E-state index in [-0.39, 0.29) is 13.2 Å². The van der Waals surface area contributed by atoms with Gasteiger partial charge in [-0.05, 0) is 25.7 Å². The minimum Gasteiger partial charge on any atom is -0.392 e. The molecule has 0 bridgehead atoms. The number of unbranched alkanes of at least 4 members (excludes halogenated alkanes) is 8. The van der Waals surface area contributed by atoms with Gasteiger partial charge < -0.3 is 10.2 Å². The summed E-state index contributed by atoms with van der Waals surface area (Å²) in [5, 5.41) is 16.8. The minimum atomic E-state index is 0.188. The molecule has 2 heteroatoms. The van der Waals surface area contributed by atoms with Crippen LogP contribution >= 0.6 is 0 Å². The van der Waals surface area contributed by atoms with Gasteiger partial charge in [0.15, 0.2) is 0 Å². The smallest absolute Gasteiger partial charge is 0.0612 e. The van der Waals surface area contributed by atoms with Gasteiger partial charge in [-0.15, -0.1) is 0 Å². The molecule has 0 aromatic carbocycles. The van der Waals surface area contributed by atoms with Crippen LogP contribution < -0.4 is 0 Å². The van der Waals surface area contributed by atoms with Gasteiger partial charge in [0, 0.05) is 0 Å². The second-order valence-corrected chi connectivity index (χ2v) is 5.01. The highest BCUT2D eigenvalue weighted by atomic mass is 16.3. The van der Waals surface area contributed by atoms with Crippen molar-refractivity contribution in [1.29, 1.82) is 0 Å². The Morgan fingerprint density at radius 3 is 1.25 bits per heavy atom. The lowest BCUT2D eigenvalue weighted by atomic mass is 10.1. The molecule has 0 fully saturated rings. The molecule has 120 valence electrons. The van der Waals surface area contributed by atoms with Crippen molar-refractivity contribution < 1.29 is 10.2 Å². The highest BCUT2D eigenvalue weighted by molar-refractivity contribution is 4.80. The number of aliphatic hydroxyl groups excluding tert-OH is 2. The molecular weight excluding hydrogens is 248 g/mol. The van der Waals surface area contributed by atoms with Crippen molar-refractivity contribution >= 4 is 0 Å². The predicted molar refractivity (Wildman–Crippen MR) is 90.0 cm³/mol. The molecule has 0 aliphatic carbocycles. The Hall–Kier alpha value is -0.600. The number of hydrogen-bond donors (Lipinski definition) is 2. The summed E-state index contributed by atoms with van der Waals surface area (Å²) in [5.74, 6) is 0. The van der Waals surface area contributed by atoms with E-state index in [2.05, 4.69) is 26.0 Å². The van der Waals surface area contributed by atoms with Crippen molar-refractivity contribution in [2.45, 2.75) is 78.1 Å². The molecule has 0 aliphatic rings. The topological polar surface area (TPSA) is 40.5 Å². The molecule has 0 aliphatic heterocycles. The molecule has 2 nitrogen and oxygen atoms in total. The van der Waals surface area contributed by atoms with E-state index < -0.39 is 0 Å². The van der Waals surface area contributed by atoms with Crippen molar-refractivity contribution in [3.63, 3.8) is 0 Å². The number of rotatable bonds is 12. The third-order valence-corrected chi connectivity index (χ3v) is 2.99. The maximum Gasteiger partial charge on any atom is 0.0612 e. The highest BCUT2D eigenvalue weighted by Gasteiger charge is 1.83. The summed E-state index contributed by atoms with van der Waals surface area (Å²) in [5.41, 5.74) is 0. The molecule has 0 saturated carbocycles. The van der Waals surface area contributed by atoms with Crippen LogP contribution in [0.2, 0.25) is 0 Å². The lowest BCUT2D eigenvalue weighted by molar-refractivity contribution is 0.342. The number of aliphatic hydroxyl groups is 2. The van der Waals surface area contributed by atoms with Crippen LogP contribution in [-0.4, -0.2) is 23.4 Å². The second-order valence-electron chi connectivity index (χ2n) is 5.01. The van der Waals surface area contributed by atoms with Crippen molar-refractivity contribution in [1.82, 2.24) is 0 Å². The van der Waals surface area contributed by atoms with Crippen LogP contribution in [0.4, 0.5) is 0 Å². The summed E-state index contributed by atoms with van der Waals surface area (Å²) in [6, 6.07) is 0. The predicted octanol–water partition coefficient (Wildman–Crippen LogP) is 5.01. The summed E-state index contributed by atoms with van der Waals surface area (Å²) in [4.78, 5) is 0. The molecule has 0 unspecified atom stereocenters. The van der Waals surface area contributed by atoms with Gasteiger partial charge in [0.1, 0.15) is 0 Å². The Kier molecular flexibility index (Phi) is 25.5. The van der Waals surface area contributed by atoms with Gasteiger partial charge in [0.25, 0.3) is 0 Å². The molecule has 0 aromatic heterocycles. The monoisotopic (exact) mass is 284 g/mol. The van der Waals surface area contributed by atoms with E-state index >= 15 is 0 Å². The minimum absolute atomic E-state index is 0.188. The van der Waals surface area contributed by atoms with E-state index in [0.29, 0.717) is 0 Å². The standard InChI is InChI=1S/2C9H18O/c2*1-2-3-4-5-6-7-8-9-10/h2*7-8,10H,2-6,9H2,1H3/b2*8-7+. The van der Waals surface area contributed by atoms with Crippen LogP contribution in [0.15, 0.2) is 24.3 Å². The average molecular weight is 284 g/mol. The molecule has 0 atom stereocenters. The normalized spacial score (nSPS) is 11.0. The Labute approximate surface area is 126 Å². The summed E-state index contributed by atoms with van der Waals surface area (Å²) in [6.45, 7) is 4.80. The van der Waals surface area contributed by atoms with Crippen molar-refractivity contribution in [2.75, 3.05) is 13.2 Å². The average Bonchev–Trinajstić information content (AvgIpc) is 2.47. The lowest BCUT2D eigenvalue weighted by Crippen LogP contribution is -1.75. The molecule has 0 saturated heterocycles. The van der Waals surface area contributed by atoms with Crippen LogP contribution in [0.1, 0.15) is 78.1 Å². The fraction of sp³-hybridized carbons (Fsp3) is 0.778. The van der Waals surface area contributed by atoms with Crippen molar-refractivity contribution in [2.24, 2.45) is 0 Å². The Morgan fingerprint density at radius 2 is 0.950 bits per heavy atom. The molecule has 0 spiro atoms. The molecule has 0 rings (SSSR count). The SMILES string of the molecule is CCCCCC/C=C/CO.CCCCCC/C=C/CO. The summed E-state index contributed by atoms with van der Waals surface area (Å²) < 4.78 is 0. The fourth-order valence-corrected chi connectivity index (χ4v) is 1.76. The van der Waals surface area contributed by atoms with E-state index in [1.54, 1.807) is 0 Å². The molecule has 2 N–H and O–H groups in total. The van der Waals surface area contributed by atoms with Gasteiger partial charge in [-0.25, -0.2) is 0 Å². The third kappa shape index (κ3) is 26.1.